The van der Waals surface area contributed by atoms with Gasteiger partial charge in [-0.3, -0.25) is 14.3 Å². The van der Waals surface area contributed by atoms with Gasteiger partial charge in [0, 0.05) is 23.8 Å². The average Bonchev–Trinajstić information content (AvgIpc) is 3.27. The predicted molar refractivity (Wildman–Crippen MR) is 145 cm³/mol. The van der Waals surface area contributed by atoms with Crippen molar-refractivity contribution in [2.24, 2.45) is 17.3 Å². The second-order valence-electron chi connectivity index (χ2n) is 11.0. The third-order valence-corrected chi connectivity index (χ3v) is 8.60. The van der Waals surface area contributed by atoms with Gasteiger partial charge >= 0.3 is 5.97 Å². The van der Waals surface area contributed by atoms with Crippen molar-refractivity contribution >= 4 is 34.3 Å². The van der Waals surface area contributed by atoms with E-state index < -0.39 is 5.97 Å². The van der Waals surface area contributed by atoms with E-state index in [1.165, 1.54) is 5.56 Å². The number of halogens is 1. The summed E-state index contributed by atoms with van der Waals surface area (Å²) in [6, 6.07) is 22.3. The number of fused-ring (bicyclic) bond motifs is 1. The van der Waals surface area contributed by atoms with Crippen molar-refractivity contribution in [1.29, 1.82) is 0 Å². The first-order valence-corrected chi connectivity index (χ1v) is 13.3. The molecule has 3 aromatic carbocycles. The first-order valence-electron chi connectivity index (χ1n) is 12.9. The lowest BCUT2D eigenvalue weighted by molar-refractivity contribution is -0.142. The molecular weight excluding hydrogens is 484 g/mol. The Morgan fingerprint density at radius 3 is 2.22 bits per heavy atom. The molecule has 0 amide bonds. The third kappa shape index (κ3) is 4.69. The molecule has 2 aliphatic carbocycles. The van der Waals surface area contributed by atoms with Crippen LogP contribution in [0.15, 0.2) is 72.9 Å². The summed E-state index contributed by atoms with van der Waals surface area (Å²) < 4.78 is 1.89. The Morgan fingerprint density at radius 2 is 1.54 bits per heavy atom. The minimum absolute atomic E-state index is 0.129. The predicted octanol–water partition coefficient (Wildman–Crippen LogP) is 7.26. The molecule has 4 aromatic rings. The molecule has 0 aliphatic heterocycles. The molecule has 5 nitrogen and oxygen atoms in total. The van der Waals surface area contributed by atoms with Crippen molar-refractivity contribution in [3.8, 4) is 11.1 Å². The van der Waals surface area contributed by atoms with Gasteiger partial charge in [0.15, 0.2) is 5.78 Å². The Kier molecular flexibility index (Phi) is 6.12. The fourth-order valence-electron chi connectivity index (χ4n) is 6.69. The summed E-state index contributed by atoms with van der Waals surface area (Å²) in [6.45, 7) is 0.552. The Hall–Kier alpha value is -3.44. The number of Topliss-reactive ketones (excluding diaryl/α,β-unsaturated/α-hetero) is 1. The average molecular weight is 513 g/mol. The molecule has 0 atom stereocenters. The molecular formula is C31H29ClN2O3. The number of ketones is 1. The van der Waals surface area contributed by atoms with Crippen molar-refractivity contribution in [3.05, 3.63) is 89.1 Å². The highest BCUT2D eigenvalue weighted by atomic mass is 35.5. The van der Waals surface area contributed by atoms with Crippen LogP contribution in [0, 0.1) is 17.3 Å². The zero-order chi connectivity index (χ0) is 25.6. The molecule has 0 saturated heterocycles. The van der Waals surface area contributed by atoms with Crippen LogP contribution in [0.3, 0.4) is 0 Å². The van der Waals surface area contributed by atoms with Gasteiger partial charge in [0.05, 0.1) is 23.3 Å². The summed E-state index contributed by atoms with van der Waals surface area (Å²) in [4.78, 5) is 24.4. The smallest absolute Gasteiger partial charge is 0.303 e. The van der Waals surface area contributed by atoms with Crippen LogP contribution >= 0.6 is 11.6 Å². The standard InChI is InChI=1S/C31H29ClN2O3/c32-27-11-10-25(28(35)12-21-14-31(15-21)16-22(17-31)13-29(36)37)30-26(27)18-33-34(30)19-20-6-8-24(9-7-20)23-4-2-1-3-5-23/h1-11,18,21-22H,12-17,19H2,(H,36,37). The highest BCUT2D eigenvalue weighted by Crippen LogP contribution is 2.62. The SMILES string of the molecule is O=C(O)CC1CC2(C1)CC(CC(=O)c1ccc(Cl)c3cnn(Cc4ccc(-c5ccccc5)cc4)c13)C2. The Balaban J connectivity index is 1.17. The minimum Gasteiger partial charge on any atom is -0.481 e. The minimum atomic E-state index is -0.707. The zero-order valence-corrected chi connectivity index (χ0v) is 21.3. The summed E-state index contributed by atoms with van der Waals surface area (Å²) >= 11 is 6.49. The van der Waals surface area contributed by atoms with E-state index in [0.29, 0.717) is 35.4 Å². The van der Waals surface area contributed by atoms with Crippen molar-refractivity contribution in [2.75, 3.05) is 0 Å². The fourth-order valence-corrected chi connectivity index (χ4v) is 6.89. The number of nitrogens with zero attached hydrogens (tertiary/aromatic N) is 2. The van der Waals surface area contributed by atoms with Gasteiger partial charge in [-0.25, -0.2) is 0 Å². The quantitative estimate of drug-likeness (QED) is 0.252. The van der Waals surface area contributed by atoms with Crippen LogP contribution in [0.5, 0.6) is 0 Å². The van der Waals surface area contributed by atoms with E-state index in [2.05, 4.69) is 41.5 Å². The second-order valence-corrected chi connectivity index (χ2v) is 11.4. The molecule has 1 aromatic heterocycles. The summed E-state index contributed by atoms with van der Waals surface area (Å²) in [5.74, 6) is 0.0950. The summed E-state index contributed by atoms with van der Waals surface area (Å²) in [5.41, 5.74) is 5.20. The topological polar surface area (TPSA) is 72.2 Å². The number of carboxylic acids is 1. The van der Waals surface area contributed by atoms with Crippen molar-refractivity contribution in [2.45, 2.75) is 45.1 Å². The maximum atomic E-state index is 13.4. The molecule has 2 aliphatic rings. The molecule has 2 fully saturated rings. The number of aliphatic carboxylic acids is 1. The first kappa shape index (κ1) is 23.9. The Labute approximate surface area is 221 Å². The molecule has 0 unspecified atom stereocenters. The lowest BCUT2D eigenvalue weighted by Gasteiger charge is -2.58. The molecule has 37 heavy (non-hydrogen) atoms. The number of carboxylic acid groups (broad SMARTS) is 1. The third-order valence-electron chi connectivity index (χ3n) is 8.27. The largest absolute Gasteiger partial charge is 0.481 e. The number of aromatic nitrogens is 2. The zero-order valence-electron chi connectivity index (χ0n) is 20.6. The Morgan fingerprint density at radius 1 is 0.892 bits per heavy atom. The number of benzene rings is 3. The number of carbonyl (C=O) groups is 2. The van der Waals surface area contributed by atoms with E-state index in [0.717, 1.165) is 47.7 Å². The number of rotatable bonds is 8. The lowest BCUT2D eigenvalue weighted by Crippen LogP contribution is -2.48. The normalized spacial score (nSPS) is 22.5. The monoisotopic (exact) mass is 512 g/mol. The highest BCUT2D eigenvalue weighted by molar-refractivity contribution is 6.36. The molecule has 1 heterocycles. The van der Waals surface area contributed by atoms with Gasteiger partial charge < -0.3 is 5.11 Å². The Bertz CT molecular complexity index is 1460. The second kappa shape index (κ2) is 9.46. The van der Waals surface area contributed by atoms with E-state index in [1.54, 1.807) is 12.3 Å². The van der Waals surface area contributed by atoms with Crippen molar-refractivity contribution in [1.82, 2.24) is 9.78 Å². The van der Waals surface area contributed by atoms with Crippen LogP contribution in [0.1, 0.15) is 54.4 Å². The molecule has 1 N–H and O–H groups in total. The molecule has 6 rings (SSSR count). The molecule has 188 valence electrons. The lowest BCUT2D eigenvalue weighted by atomic mass is 9.47. The van der Waals surface area contributed by atoms with Gasteiger partial charge in [-0.2, -0.15) is 5.10 Å². The summed E-state index contributed by atoms with van der Waals surface area (Å²) in [7, 11) is 0. The van der Waals surface area contributed by atoms with Gasteiger partial charge in [-0.1, -0.05) is 66.2 Å². The first-order chi connectivity index (χ1) is 17.9. The van der Waals surface area contributed by atoms with Crippen LogP contribution in [0.4, 0.5) is 0 Å². The van der Waals surface area contributed by atoms with Gasteiger partial charge in [0.2, 0.25) is 0 Å². The molecule has 6 heteroatoms. The van der Waals surface area contributed by atoms with Crippen molar-refractivity contribution < 1.29 is 14.7 Å². The molecule has 1 spiro atoms. The van der Waals surface area contributed by atoms with E-state index in [-0.39, 0.29) is 17.6 Å². The van der Waals surface area contributed by atoms with Crippen LogP contribution in [-0.2, 0) is 11.3 Å². The summed E-state index contributed by atoms with van der Waals surface area (Å²) in [6.07, 6.45) is 6.57. The van der Waals surface area contributed by atoms with Crippen molar-refractivity contribution in [3.63, 3.8) is 0 Å². The van der Waals surface area contributed by atoms with Gasteiger partial charge in [0.1, 0.15) is 0 Å². The van der Waals surface area contributed by atoms with E-state index in [4.69, 9.17) is 16.7 Å². The van der Waals surface area contributed by atoms with Crippen LogP contribution < -0.4 is 0 Å². The van der Waals surface area contributed by atoms with E-state index in [1.807, 2.05) is 28.9 Å². The molecule has 0 radical (unpaired) electrons. The number of carbonyl (C=O) groups excluding carboxylic acids is 1. The van der Waals surface area contributed by atoms with Gasteiger partial charge in [-0.05, 0) is 71.8 Å². The molecule has 0 bridgehead atoms. The molecule has 2 saturated carbocycles. The fraction of sp³-hybridized carbons (Fsp3) is 0.323. The van der Waals surface area contributed by atoms with Crippen LogP contribution in [0.2, 0.25) is 5.02 Å². The maximum absolute atomic E-state index is 13.4. The van der Waals surface area contributed by atoms with Gasteiger partial charge in [-0.15, -0.1) is 0 Å². The number of hydrogen-bond acceptors (Lipinski definition) is 3. The highest BCUT2D eigenvalue weighted by Gasteiger charge is 2.53. The van der Waals surface area contributed by atoms with E-state index in [9.17, 15) is 9.59 Å². The summed E-state index contributed by atoms with van der Waals surface area (Å²) in [5, 5.41) is 15.0. The maximum Gasteiger partial charge on any atom is 0.303 e. The number of hydrogen-bond donors (Lipinski definition) is 1. The van der Waals surface area contributed by atoms with Crippen LogP contribution in [0.25, 0.3) is 22.0 Å². The van der Waals surface area contributed by atoms with E-state index >= 15 is 0 Å². The van der Waals surface area contributed by atoms with Gasteiger partial charge in [0.25, 0.3) is 0 Å². The van der Waals surface area contributed by atoms with Crippen LogP contribution in [-0.4, -0.2) is 26.6 Å².